The summed E-state index contributed by atoms with van der Waals surface area (Å²) in [7, 11) is 1.51. The highest BCUT2D eigenvalue weighted by atomic mass is 79.9. The fourth-order valence-electron chi connectivity index (χ4n) is 1.30. The van der Waals surface area contributed by atoms with E-state index >= 15 is 0 Å². The van der Waals surface area contributed by atoms with Crippen LogP contribution < -0.4 is 4.74 Å². The van der Waals surface area contributed by atoms with E-state index in [4.69, 9.17) is 16.3 Å². The van der Waals surface area contributed by atoms with Crippen LogP contribution in [0, 0.1) is 0 Å². The van der Waals surface area contributed by atoms with Gasteiger partial charge in [0.05, 0.1) is 17.1 Å². The van der Waals surface area contributed by atoms with Crippen molar-refractivity contribution in [1.29, 1.82) is 0 Å². The first-order valence-electron chi connectivity index (χ1n) is 4.54. The van der Waals surface area contributed by atoms with Crippen molar-refractivity contribution in [2.24, 2.45) is 0 Å². The summed E-state index contributed by atoms with van der Waals surface area (Å²) in [6, 6.07) is 3.70. The number of hydrogen-bond acceptors (Lipinski definition) is 2. The van der Waals surface area contributed by atoms with Gasteiger partial charge in [0.25, 0.3) is 5.24 Å². The maximum absolute atomic E-state index is 11.2. The largest absolute Gasteiger partial charge is 0.495 e. The van der Waals surface area contributed by atoms with Gasteiger partial charge < -0.3 is 4.74 Å². The van der Waals surface area contributed by atoms with Gasteiger partial charge in [-0.25, -0.2) is 0 Å². The van der Waals surface area contributed by atoms with Crippen molar-refractivity contribution in [3.63, 3.8) is 0 Å². The fourth-order valence-corrected chi connectivity index (χ4v) is 2.08. The second-order valence-corrected chi connectivity index (χ2v) is 4.71. The van der Waals surface area contributed by atoms with E-state index < -0.39 is 5.24 Å². The van der Waals surface area contributed by atoms with Gasteiger partial charge in [-0.1, -0.05) is 13.8 Å². The van der Waals surface area contributed by atoms with E-state index in [0.717, 1.165) is 10.0 Å². The molecule has 0 aliphatic heterocycles. The van der Waals surface area contributed by atoms with Crippen molar-refractivity contribution in [3.05, 3.63) is 27.7 Å². The van der Waals surface area contributed by atoms with Gasteiger partial charge in [-0.05, 0) is 51.1 Å². The highest BCUT2D eigenvalue weighted by Crippen LogP contribution is 2.33. The van der Waals surface area contributed by atoms with Gasteiger partial charge in [-0.3, -0.25) is 4.79 Å². The van der Waals surface area contributed by atoms with Crippen molar-refractivity contribution in [3.8, 4) is 5.75 Å². The zero-order chi connectivity index (χ0) is 11.6. The molecule has 0 aromatic heterocycles. The molecule has 82 valence electrons. The SMILES string of the molecule is COc1c(Br)cc(C(C)C)cc1C(=O)Cl. The Morgan fingerprint density at radius 2 is 2.07 bits per heavy atom. The van der Waals surface area contributed by atoms with Gasteiger partial charge >= 0.3 is 0 Å². The lowest BCUT2D eigenvalue weighted by molar-refractivity contribution is 0.107. The molecule has 0 atom stereocenters. The second-order valence-electron chi connectivity index (χ2n) is 3.51. The smallest absolute Gasteiger partial charge is 0.256 e. The highest BCUT2D eigenvalue weighted by Gasteiger charge is 2.15. The van der Waals surface area contributed by atoms with Gasteiger partial charge in [0, 0.05) is 0 Å². The molecule has 0 bridgehead atoms. The first-order valence-corrected chi connectivity index (χ1v) is 5.71. The molecule has 0 N–H and O–H groups in total. The minimum atomic E-state index is -0.505. The zero-order valence-corrected chi connectivity index (χ0v) is 11.1. The Hall–Kier alpha value is -0.540. The Labute approximate surface area is 103 Å². The molecule has 4 heteroatoms. The summed E-state index contributed by atoms with van der Waals surface area (Å²) in [5.74, 6) is 0.821. The number of hydrogen-bond donors (Lipinski definition) is 0. The van der Waals surface area contributed by atoms with Crippen molar-refractivity contribution < 1.29 is 9.53 Å². The van der Waals surface area contributed by atoms with Gasteiger partial charge in [0.2, 0.25) is 0 Å². The number of carbonyl (C=O) groups excluding carboxylic acids is 1. The maximum Gasteiger partial charge on any atom is 0.256 e. The Balaban J connectivity index is 3.38. The lowest BCUT2D eigenvalue weighted by atomic mass is 10.0. The predicted molar refractivity (Wildman–Crippen MR) is 65.0 cm³/mol. The Morgan fingerprint density at radius 3 is 2.47 bits per heavy atom. The monoisotopic (exact) mass is 290 g/mol. The molecule has 0 aliphatic carbocycles. The summed E-state index contributed by atoms with van der Waals surface area (Å²) >= 11 is 8.85. The lowest BCUT2D eigenvalue weighted by Gasteiger charge is -2.12. The van der Waals surface area contributed by atoms with E-state index in [9.17, 15) is 4.79 Å². The number of benzene rings is 1. The minimum absolute atomic E-state index is 0.335. The van der Waals surface area contributed by atoms with E-state index in [0.29, 0.717) is 17.2 Å². The molecule has 0 fully saturated rings. The normalized spacial score (nSPS) is 10.5. The average molecular weight is 292 g/mol. The van der Waals surface area contributed by atoms with Gasteiger partial charge in [-0.2, -0.15) is 0 Å². The number of methoxy groups -OCH3 is 1. The van der Waals surface area contributed by atoms with Crippen LogP contribution >= 0.6 is 27.5 Å². The third-order valence-electron chi connectivity index (χ3n) is 2.15. The molecule has 0 saturated carbocycles. The van der Waals surface area contributed by atoms with Crippen LogP contribution in [0.2, 0.25) is 0 Å². The Kier molecular flexibility index (Phi) is 4.17. The fraction of sp³-hybridized carbons (Fsp3) is 0.364. The van der Waals surface area contributed by atoms with Crippen LogP contribution in [-0.2, 0) is 0 Å². The lowest BCUT2D eigenvalue weighted by Crippen LogP contribution is -1.99. The molecule has 2 nitrogen and oxygen atoms in total. The van der Waals surface area contributed by atoms with Crippen LogP contribution in [0.25, 0.3) is 0 Å². The van der Waals surface area contributed by atoms with E-state index in [1.54, 1.807) is 6.07 Å². The van der Waals surface area contributed by atoms with E-state index in [2.05, 4.69) is 29.8 Å². The quantitative estimate of drug-likeness (QED) is 0.788. The average Bonchev–Trinajstić information content (AvgIpc) is 2.16. The molecule has 0 spiro atoms. The van der Waals surface area contributed by atoms with Crippen molar-refractivity contribution in [2.45, 2.75) is 19.8 Å². The highest BCUT2D eigenvalue weighted by molar-refractivity contribution is 9.10. The minimum Gasteiger partial charge on any atom is -0.495 e. The third kappa shape index (κ3) is 2.73. The second kappa shape index (κ2) is 4.99. The Bertz CT molecular complexity index is 388. The third-order valence-corrected chi connectivity index (χ3v) is 2.94. The molecule has 1 aromatic rings. The summed E-state index contributed by atoms with van der Waals surface area (Å²) < 4.78 is 5.87. The molecule has 1 aromatic carbocycles. The van der Waals surface area contributed by atoms with Gasteiger partial charge in [-0.15, -0.1) is 0 Å². The van der Waals surface area contributed by atoms with E-state index in [1.165, 1.54) is 7.11 Å². The van der Waals surface area contributed by atoms with Crippen LogP contribution in [0.3, 0.4) is 0 Å². The van der Waals surface area contributed by atoms with Crippen molar-refractivity contribution in [2.75, 3.05) is 7.11 Å². The number of rotatable bonds is 3. The Morgan fingerprint density at radius 1 is 1.47 bits per heavy atom. The van der Waals surface area contributed by atoms with Crippen LogP contribution in [0.15, 0.2) is 16.6 Å². The van der Waals surface area contributed by atoms with Crippen LogP contribution in [-0.4, -0.2) is 12.4 Å². The summed E-state index contributed by atoms with van der Waals surface area (Å²) in [6.07, 6.45) is 0. The zero-order valence-electron chi connectivity index (χ0n) is 8.80. The summed E-state index contributed by atoms with van der Waals surface area (Å²) in [4.78, 5) is 11.2. The molecule has 0 aliphatic rings. The van der Waals surface area contributed by atoms with Gasteiger partial charge in [0.15, 0.2) is 0 Å². The number of halogens is 2. The van der Waals surface area contributed by atoms with Crippen LogP contribution in [0.4, 0.5) is 0 Å². The summed E-state index contributed by atoms with van der Waals surface area (Å²) in [5.41, 5.74) is 1.45. The van der Waals surface area contributed by atoms with E-state index in [-0.39, 0.29) is 0 Å². The van der Waals surface area contributed by atoms with Crippen molar-refractivity contribution in [1.82, 2.24) is 0 Å². The predicted octanol–water partition coefficient (Wildman–Crippen LogP) is 3.96. The molecule has 0 unspecified atom stereocenters. The number of ether oxygens (including phenoxy) is 1. The van der Waals surface area contributed by atoms with Crippen LogP contribution in [0.5, 0.6) is 5.75 Å². The van der Waals surface area contributed by atoms with Crippen molar-refractivity contribution >= 4 is 32.8 Å². The van der Waals surface area contributed by atoms with Gasteiger partial charge in [0.1, 0.15) is 5.75 Å². The molecule has 1 rings (SSSR count). The molecule has 15 heavy (non-hydrogen) atoms. The summed E-state index contributed by atoms with van der Waals surface area (Å²) in [5, 5.41) is -0.505. The molecule has 0 amide bonds. The standard InChI is InChI=1S/C11H12BrClO2/c1-6(2)7-4-8(11(13)14)10(15-3)9(12)5-7/h4-6H,1-3H3. The summed E-state index contributed by atoms with van der Waals surface area (Å²) in [6.45, 7) is 4.10. The number of carbonyl (C=O) groups is 1. The van der Waals surface area contributed by atoms with E-state index in [1.807, 2.05) is 6.07 Å². The molecular formula is C11H12BrClO2. The molecule has 0 radical (unpaired) electrons. The van der Waals surface area contributed by atoms with Crippen LogP contribution in [0.1, 0.15) is 35.7 Å². The molecule has 0 saturated heterocycles. The topological polar surface area (TPSA) is 26.3 Å². The first kappa shape index (κ1) is 12.5. The first-order chi connectivity index (χ1) is 6.97. The molecular weight excluding hydrogens is 279 g/mol. The molecule has 0 heterocycles. The maximum atomic E-state index is 11.2.